The lowest BCUT2D eigenvalue weighted by Gasteiger charge is -2.38. The molecule has 2 heteroatoms. The summed E-state index contributed by atoms with van der Waals surface area (Å²) in [5.74, 6) is 1.10. The third-order valence-electron chi connectivity index (χ3n) is 6.34. The number of rotatable bonds is 3. The Bertz CT molecular complexity index is 345. The van der Waals surface area contributed by atoms with E-state index in [0.717, 1.165) is 12.3 Å². The van der Waals surface area contributed by atoms with E-state index in [1.807, 2.05) is 6.92 Å². The van der Waals surface area contributed by atoms with E-state index < -0.39 is 0 Å². The molecule has 4 unspecified atom stereocenters. The van der Waals surface area contributed by atoms with Crippen molar-refractivity contribution in [2.24, 2.45) is 28.6 Å². The second-order valence-corrected chi connectivity index (χ2v) is 7.57. The second kappa shape index (κ2) is 4.25. The third-order valence-corrected chi connectivity index (χ3v) is 6.34. The van der Waals surface area contributed by atoms with Crippen molar-refractivity contribution in [1.82, 2.24) is 0 Å². The van der Waals surface area contributed by atoms with Gasteiger partial charge in [-0.15, -0.1) is 0 Å². The van der Waals surface area contributed by atoms with Crippen molar-refractivity contribution in [3.63, 3.8) is 0 Å². The van der Waals surface area contributed by atoms with Crippen molar-refractivity contribution in [2.45, 2.75) is 66.9 Å². The lowest BCUT2D eigenvalue weighted by Crippen LogP contribution is -2.39. The minimum atomic E-state index is -0.000394. The molecule has 2 bridgehead atoms. The van der Waals surface area contributed by atoms with Gasteiger partial charge in [0, 0.05) is 5.41 Å². The molecule has 0 aromatic carbocycles. The Morgan fingerprint density at radius 2 is 1.83 bits per heavy atom. The molecule has 4 atom stereocenters. The molecular formula is C16H28O2. The number of ether oxygens (including phenoxy) is 1. The minimum absolute atomic E-state index is 0.000394. The van der Waals surface area contributed by atoms with Crippen molar-refractivity contribution in [3.05, 3.63) is 0 Å². The molecule has 104 valence electrons. The van der Waals surface area contributed by atoms with E-state index in [2.05, 4.69) is 34.6 Å². The van der Waals surface area contributed by atoms with Gasteiger partial charge in [-0.05, 0) is 36.5 Å². The number of esters is 1. The van der Waals surface area contributed by atoms with Gasteiger partial charge in [0.15, 0.2) is 0 Å². The molecule has 2 fully saturated rings. The Balaban J connectivity index is 2.07. The first-order chi connectivity index (χ1) is 8.20. The highest BCUT2D eigenvalue weighted by Gasteiger charge is 2.62. The SMILES string of the molecule is CC(C)C(C)C(=O)OC1CC2CCC1(C)C2(C)C. The normalized spacial score (nSPS) is 39.1. The van der Waals surface area contributed by atoms with Crippen LogP contribution in [0.4, 0.5) is 0 Å². The highest BCUT2D eigenvalue weighted by Crippen LogP contribution is 2.66. The maximum Gasteiger partial charge on any atom is 0.309 e. The topological polar surface area (TPSA) is 26.3 Å². The number of carbonyl (C=O) groups is 1. The maximum atomic E-state index is 12.1. The van der Waals surface area contributed by atoms with Crippen LogP contribution in [0.5, 0.6) is 0 Å². The molecule has 0 heterocycles. The Kier molecular flexibility index (Phi) is 3.28. The highest BCUT2D eigenvalue weighted by atomic mass is 16.5. The fourth-order valence-electron chi connectivity index (χ4n) is 3.83. The van der Waals surface area contributed by atoms with Gasteiger partial charge < -0.3 is 4.74 Å². The Hall–Kier alpha value is -0.530. The summed E-state index contributed by atoms with van der Waals surface area (Å²) in [6, 6.07) is 0. The Morgan fingerprint density at radius 1 is 1.22 bits per heavy atom. The minimum Gasteiger partial charge on any atom is -0.462 e. The first-order valence-electron chi connectivity index (χ1n) is 7.40. The predicted octanol–water partition coefficient (Wildman–Crippen LogP) is 4.04. The fraction of sp³-hybridized carbons (Fsp3) is 0.938. The molecular weight excluding hydrogens is 224 g/mol. The van der Waals surface area contributed by atoms with Crippen molar-refractivity contribution in [2.75, 3.05) is 0 Å². The van der Waals surface area contributed by atoms with Crippen molar-refractivity contribution < 1.29 is 9.53 Å². The summed E-state index contributed by atoms with van der Waals surface area (Å²) >= 11 is 0. The molecule has 2 aliphatic carbocycles. The molecule has 0 N–H and O–H groups in total. The fourth-order valence-corrected chi connectivity index (χ4v) is 3.83. The largest absolute Gasteiger partial charge is 0.462 e. The summed E-state index contributed by atoms with van der Waals surface area (Å²) < 4.78 is 5.87. The first kappa shape index (κ1) is 13.9. The standard InChI is InChI=1S/C16H28O2/c1-10(2)11(3)14(17)18-13-9-12-7-8-16(13,6)15(12,4)5/h10-13H,7-9H2,1-6H3. The molecule has 2 saturated carbocycles. The molecule has 0 saturated heterocycles. The van der Waals surface area contributed by atoms with E-state index in [4.69, 9.17) is 4.74 Å². The first-order valence-corrected chi connectivity index (χ1v) is 7.40. The van der Waals surface area contributed by atoms with Crippen LogP contribution in [0.2, 0.25) is 0 Å². The van der Waals surface area contributed by atoms with Crippen molar-refractivity contribution in [1.29, 1.82) is 0 Å². The van der Waals surface area contributed by atoms with Crippen LogP contribution in [0.15, 0.2) is 0 Å². The average Bonchev–Trinajstić information content (AvgIpc) is 2.60. The van der Waals surface area contributed by atoms with Crippen LogP contribution in [0.25, 0.3) is 0 Å². The second-order valence-electron chi connectivity index (χ2n) is 7.57. The van der Waals surface area contributed by atoms with Gasteiger partial charge in [-0.1, -0.05) is 41.5 Å². The predicted molar refractivity (Wildman–Crippen MR) is 73.1 cm³/mol. The van der Waals surface area contributed by atoms with Gasteiger partial charge in [0.2, 0.25) is 0 Å². The smallest absolute Gasteiger partial charge is 0.309 e. The molecule has 0 aromatic heterocycles. The molecule has 0 aliphatic heterocycles. The highest BCUT2D eigenvalue weighted by molar-refractivity contribution is 5.72. The number of hydrogen-bond acceptors (Lipinski definition) is 2. The average molecular weight is 252 g/mol. The summed E-state index contributed by atoms with van der Waals surface area (Å²) in [4.78, 5) is 12.1. The zero-order valence-electron chi connectivity index (χ0n) is 12.7. The van der Waals surface area contributed by atoms with Gasteiger partial charge >= 0.3 is 5.97 Å². The molecule has 2 nitrogen and oxygen atoms in total. The zero-order chi connectivity index (χ0) is 13.7. The molecule has 2 aliphatic rings. The van der Waals surface area contributed by atoms with Gasteiger partial charge in [-0.3, -0.25) is 4.79 Å². The van der Waals surface area contributed by atoms with Crippen LogP contribution in [0.1, 0.15) is 60.8 Å². The van der Waals surface area contributed by atoms with E-state index in [1.54, 1.807) is 0 Å². The van der Waals surface area contributed by atoms with E-state index in [-0.39, 0.29) is 23.4 Å². The van der Waals surface area contributed by atoms with E-state index >= 15 is 0 Å². The number of fused-ring (bicyclic) bond motifs is 2. The van der Waals surface area contributed by atoms with Gasteiger partial charge in [-0.25, -0.2) is 0 Å². The van der Waals surface area contributed by atoms with Crippen LogP contribution < -0.4 is 0 Å². The number of carbonyl (C=O) groups excluding carboxylic acids is 1. The molecule has 0 spiro atoms. The third kappa shape index (κ3) is 1.80. The van der Waals surface area contributed by atoms with Crippen LogP contribution in [-0.4, -0.2) is 12.1 Å². The van der Waals surface area contributed by atoms with E-state index in [1.165, 1.54) is 12.8 Å². The van der Waals surface area contributed by atoms with Crippen LogP contribution in [0.3, 0.4) is 0 Å². The molecule has 18 heavy (non-hydrogen) atoms. The summed E-state index contributed by atoms with van der Waals surface area (Å²) in [6.07, 6.45) is 3.72. The van der Waals surface area contributed by atoms with E-state index in [0.29, 0.717) is 11.3 Å². The maximum absolute atomic E-state index is 12.1. The molecule has 0 radical (unpaired) electrons. The van der Waals surface area contributed by atoms with Gasteiger partial charge in [0.1, 0.15) is 6.10 Å². The van der Waals surface area contributed by atoms with Crippen LogP contribution in [-0.2, 0) is 9.53 Å². The Labute approximate surface area is 111 Å². The van der Waals surface area contributed by atoms with Gasteiger partial charge in [-0.2, -0.15) is 0 Å². The van der Waals surface area contributed by atoms with Crippen LogP contribution >= 0.6 is 0 Å². The number of hydrogen-bond donors (Lipinski definition) is 0. The lowest BCUT2D eigenvalue weighted by molar-refractivity contribution is -0.162. The lowest BCUT2D eigenvalue weighted by atomic mass is 9.70. The molecule has 2 rings (SSSR count). The monoisotopic (exact) mass is 252 g/mol. The van der Waals surface area contributed by atoms with Crippen molar-refractivity contribution in [3.8, 4) is 0 Å². The summed E-state index contributed by atoms with van der Waals surface area (Å²) in [6.45, 7) is 13.2. The van der Waals surface area contributed by atoms with Crippen molar-refractivity contribution >= 4 is 5.97 Å². The zero-order valence-corrected chi connectivity index (χ0v) is 12.7. The Morgan fingerprint density at radius 3 is 2.22 bits per heavy atom. The van der Waals surface area contributed by atoms with E-state index in [9.17, 15) is 4.79 Å². The quantitative estimate of drug-likeness (QED) is 0.709. The van der Waals surface area contributed by atoms with Crippen LogP contribution in [0, 0.1) is 28.6 Å². The molecule has 0 amide bonds. The summed E-state index contributed by atoms with van der Waals surface area (Å²) in [5, 5.41) is 0. The summed E-state index contributed by atoms with van der Waals surface area (Å²) in [7, 11) is 0. The van der Waals surface area contributed by atoms with Gasteiger partial charge in [0.25, 0.3) is 0 Å². The molecule has 0 aromatic rings. The summed E-state index contributed by atoms with van der Waals surface area (Å²) in [5.41, 5.74) is 0.503. The van der Waals surface area contributed by atoms with Gasteiger partial charge in [0.05, 0.1) is 5.92 Å².